The fourth-order valence-electron chi connectivity index (χ4n) is 0.702. The van der Waals surface area contributed by atoms with Crippen LogP contribution >= 0.6 is 0 Å². The minimum absolute atomic E-state index is 0.0219. The molecule has 0 aliphatic heterocycles. The largest absolute Gasteiger partial charge is 0.394 e. The SMILES string of the molecule is CCCNC(=O)CNC(C)(C)CO. The van der Waals surface area contributed by atoms with E-state index in [1.165, 1.54) is 0 Å². The van der Waals surface area contributed by atoms with Gasteiger partial charge >= 0.3 is 0 Å². The fraction of sp³-hybridized carbons (Fsp3) is 0.889. The van der Waals surface area contributed by atoms with Crippen molar-refractivity contribution in [3.05, 3.63) is 0 Å². The first-order valence-corrected chi connectivity index (χ1v) is 4.64. The summed E-state index contributed by atoms with van der Waals surface area (Å²) >= 11 is 0. The van der Waals surface area contributed by atoms with Gasteiger partial charge in [0.1, 0.15) is 0 Å². The van der Waals surface area contributed by atoms with Crippen molar-refractivity contribution in [1.29, 1.82) is 0 Å². The number of rotatable bonds is 6. The van der Waals surface area contributed by atoms with Gasteiger partial charge in [-0.2, -0.15) is 0 Å². The monoisotopic (exact) mass is 188 g/mol. The maximum atomic E-state index is 11.1. The molecule has 0 aromatic heterocycles. The van der Waals surface area contributed by atoms with E-state index in [9.17, 15) is 4.79 Å². The van der Waals surface area contributed by atoms with Crippen LogP contribution < -0.4 is 10.6 Å². The van der Waals surface area contributed by atoms with E-state index in [2.05, 4.69) is 10.6 Å². The number of nitrogens with one attached hydrogen (secondary N) is 2. The topological polar surface area (TPSA) is 61.4 Å². The minimum Gasteiger partial charge on any atom is -0.394 e. The van der Waals surface area contributed by atoms with Gasteiger partial charge in [0.05, 0.1) is 13.2 Å². The molecule has 0 aliphatic carbocycles. The molecule has 0 aromatic carbocycles. The lowest BCUT2D eigenvalue weighted by Gasteiger charge is -2.22. The number of aliphatic hydroxyl groups is 1. The van der Waals surface area contributed by atoms with Gasteiger partial charge in [0.2, 0.25) is 5.91 Å². The normalized spacial score (nSPS) is 11.4. The third kappa shape index (κ3) is 6.54. The van der Waals surface area contributed by atoms with Crippen molar-refractivity contribution in [2.24, 2.45) is 0 Å². The molecule has 0 fully saturated rings. The number of hydrogen-bond donors (Lipinski definition) is 3. The molecule has 3 N–H and O–H groups in total. The molecule has 0 heterocycles. The van der Waals surface area contributed by atoms with Crippen molar-refractivity contribution in [1.82, 2.24) is 10.6 Å². The Balaban J connectivity index is 3.57. The van der Waals surface area contributed by atoms with E-state index in [0.717, 1.165) is 6.42 Å². The number of carbonyl (C=O) groups is 1. The van der Waals surface area contributed by atoms with Crippen LogP contribution in [0.1, 0.15) is 27.2 Å². The highest BCUT2D eigenvalue weighted by Crippen LogP contribution is 1.97. The summed E-state index contributed by atoms with van der Waals surface area (Å²) in [6, 6.07) is 0. The molecule has 0 unspecified atom stereocenters. The Kier molecular flexibility index (Phi) is 5.66. The van der Waals surface area contributed by atoms with Crippen molar-refractivity contribution >= 4 is 5.91 Å². The molecule has 0 bridgehead atoms. The third-order valence-electron chi connectivity index (χ3n) is 1.69. The Hall–Kier alpha value is -0.610. The number of carbonyl (C=O) groups excluding carboxylic acids is 1. The predicted molar refractivity (Wildman–Crippen MR) is 52.5 cm³/mol. The standard InChI is InChI=1S/C9H20N2O2/c1-4-5-10-8(13)6-11-9(2,3)7-12/h11-12H,4-7H2,1-3H3,(H,10,13). The first kappa shape index (κ1) is 12.4. The van der Waals surface area contributed by atoms with E-state index in [-0.39, 0.29) is 24.6 Å². The summed E-state index contributed by atoms with van der Waals surface area (Å²) in [6.07, 6.45) is 0.940. The van der Waals surface area contributed by atoms with Crippen LogP contribution in [0.2, 0.25) is 0 Å². The molecule has 1 amide bonds. The maximum absolute atomic E-state index is 11.1. The van der Waals surface area contributed by atoms with Gasteiger partial charge in [0, 0.05) is 12.1 Å². The molecular weight excluding hydrogens is 168 g/mol. The Morgan fingerprint density at radius 2 is 2.08 bits per heavy atom. The summed E-state index contributed by atoms with van der Waals surface area (Å²) in [5, 5.41) is 14.6. The van der Waals surface area contributed by atoms with Crippen LogP contribution in [-0.2, 0) is 4.79 Å². The highest BCUT2D eigenvalue weighted by atomic mass is 16.3. The lowest BCUT2D eigenvalue weighted by atomic mass is 10.1. The lowest BCUT2D eigenvalue weighted by molar-refractivity contribution is -0.120. The van der Waals surface area contributed by atoms with Gasteiger partial charge in [-0.3, -0.25) is 4.79 Å². The number of amides is 1. The number of hydrogen-bond acceptors (Lipinski definition) is 3. The number of aliphatic hydroxyl groups excluding tert-OH is 1. The maximum Gasteiger partial charge on any atom is 0.233 e. The highest BCUT2D eigenvalue weighted by Gasteiger charge is 2.16. The van der Waals surface area contributed by atoms with Gasteiger partial charge in [-0.25, -0.2) is 0 Å². The van der Waals surface area contributed by atoms with Gasteiger partial charge in [-0.05, 0) is 20.3 Å². The molecule has 0 atom stereocenters. The van der Waals surface area contributed by atoms with Gasteiger partial charge < -0.3 is 15.7 Å². The molecular formula is C9H20N2O2. The molecule has 0 rings (SSSR count). The molecule has 4 heteroatoms. The zero-order valence-corrected chi connectivity index (χ0v) is 8.68. The molecule has 0 saturated heterocycles. The summed E-state index contributed by atoms with van der Waals surface area (Å²) in [7, 11) is 0. The summed E-state index contributed by atoms with van der Waals surface area (Å²) in [4.78, 5) is 11.1. The quantitative estimate of drug-likeness (QED) is 0.544. The van der Waals surface area contributed by atoms with Crippen LogP contribution in [0.25, 0.3) is 0 Å². The van der Waals surface area contributed by atoms with Crippen molar-refractivity contribution in [2.75, 3.05) is 19.7 Å². The van der Waals surface area contributed by atoms with Crippen LogP contribution in [0.15, 0.2) is 0 Å². The summed E-state index contributed by atoms with van der Waals surface area (Å²) in [5.41, 5.74) is -0.385. The Morgan fingerprint density at radius 3 is 2.54 bits per heavy atom. The minimum atomic E-state index is -0.385. The summed E-state index contributed by atoms with van der Waals surface area (Å²) in [6.45, 7) is 6.69. The van der Waals surface area contributed by atoms with Crippen molar-refractivity contribution < 1.29 is 9.90 Å². The second-order valence-corrected chi connectivity index (χ2v) is 3.75. The van der Waals surface area contributed by atoms with E-state index in [4.69, 9.17) is 5.11 Å². The Bertz CT molecular complexity index is 158. The van der Waals surface area contributed by atoms with Gasteiger partial charge in [0.15, 0.2) is 0 Å². The highest BCUT2D eigenvalue weighted by molar-refractivity contribution is 5.78. The van der Waals surface area contributed by atoms with Gasteiger partial charge in [-0.15, -0.1) is 0 Å². The molecule has 0 radical (unpaired) electrons. The Labute approximate surface area is 79.7 Å². The first-order valence-electron chi connectivity index (χ1n) is 4.64. The zero-order chi connectivity index (χ0) is 10.3. The van der Waals surface area contributed by atoms with E-state index < -0.39 is 0 Å². The average molecular weight is 188 g/mol. The lowest BCUT2D eigenvalue weighted by Crippen LogP contribution is -2.47. The molecule has 4 nitrogen and oxygen atoms in total. The first-order chi connectivity index (χ1) is 6.02. The molecule has 78 valence electrons. The van der Waals surface area contributed by atoms with E-state index in [0.29, 0.717) is 6.54 Å². The van der Waals surface area contributed by atoms with Crippen LogP contribution in [0.3, 0.4) is 0 Å². The predicted octanol–water partition coefficient (Wildman–Crippen LogP) is -0.127. The van der Waals surface area contributed by atoms with E-state index in [1.54, 1.807) is 0 Å². The second kappa shape index (κ2) is 5.94. The molecule has 0 spiro atoms. The second-order valence-electron chi connectivity index (χ2n) is 3.75. The molecule has 0 aromatic rings. The third-order valence-corrected chi connectivity index (χ3v) is 1.69. The van der Waals surface area contributed by atoms with Gasteiger partial charge in [-0.1, -0.05) is 6.92 Å². The van der Waals surface area contributed by atoms with Crippen LogP contribution in [0, 0.1) is 0 Å². The molecule has 0 saturated carbocycles. The van der Waals surface area contributed by atoms with Crippen LogP contribution in [0.5, 0.6) is 0 Å². The van der Waals surface area contributed by atoms with Crippen molar-refractivity contribution in [2.45, 2.75) is 32.7 Å². The van der Waals surface area contributed by atoms with Gasteiger partial charge in [0.25, 0.3) is 0 Å². The van der Waals surface area contributed by atoms with Crippen LogP contribution in [0.4, 0.5) is 0 Å². The average Bonchev–Trinajstić information content (AvgIpc) is 2.11. The van der Waals surface area contributed by atoms with E-state index in [1.807, 2.05) is 20.8 Å². The van der Waals surface area contributed by atoms with Crippen molar-refractivity contribution in [3.63, 3.8) is 0 Å². The van der Waals surface area contributed by atoms with Crippen LogP contribution in [-0.4, -0.2) is 36.2 Å². The fourth-order valence-corrected chi connectivity index (χ4v) is 0.702. The molecule has 13 heavy (non-hydrogen) atoms. The smallest absolute Gasteiger partial charge is 0.233 e. The van der Waals surface area contributed by atoms with Crippen molar-refractivity contribution in [3.8, 4) is 0 Å². The Morgan fingerprint density at radius 1 is 1.46 bits per heavy atom. The summed E-state index contributed by atoms with van der Waals surface area (Å²) in [5.74, 6) is -0.0247. The molecule has 0 aliphatic rings. The summed E-state index contributed by atoms with van der Waals surface area (Å²) < 4.78 is 0. The zero-order valence-electron chi connectivity index (χ0n) is 8.68. The van der Waals surface area contributed by atoms with E-state index >= 15 is 0 Å².